The van der Waals surface area contributed by atoms with Crippen LogP contribution in [0.25, 0.3) is 0 Å². The molecule has 7 heteroatoms. The van der Waals surface area contributed by atoms with Crippen LogP contribution in [-0.4, -0.2) is 60.4 Å². The fourth-order valence-corrected chi connectivity index (χ4v) is 3.57. The Kier molecular flexibility index (Phi) is 6.49. The predicted octanol–water partition coefficient (Wildman–Crippen LogP) is 0.951. The quantitative estimate of drug-likeness (QED) is 0.624. The van der Waals surface area contributed by atoms with E-state index in [9.17, 15) is 9.90 Å². The summed E-state index contributed by atoms with van der Waals surface area (Å²) in [5.74, 6) is -0.851. The summed E-state index contributed by atoms with van der Waals surface area (Å²) in [6.45, 7) is 6.97. The summed E-state index contributed by atoms with van der Waals surface area (Å²) in [7, 11) is 0. The first-order valence-electron chi connectivity index (χ1n) is 9.54. The summed E-state index contributed by atoms with van der Waals surface area (Å²) in [6.07, 6.45) is -1.43. The molecule has 0 saturated carbocycles. The van der Waals surface area contributed by atoms with Gasteiger partial charge in [-0.05, 0) is 26.3 Å². The van der Waals surface area contributed by atoms with Crippen molar-refractivity contribution in [3.8, 4) is 0 Å². The molecule has 3 N–H and O–H groups in total. The van der Waals surface area contributed by atoms with E-state index in [1.165, 1.54) is 5.56 Å². The maximum absolute atomic E-state index is 12.1. The SMILES string of the molecule is C[C@@H](O)CNC(=O)C[C@H]1O[C@@H](CNCc2ccccc2)[C@H]2OC(C)(C)O[C@H]21. The molecule has 2 saturated heterocycles. The maximum Gasteiger partial charge on any atom is 0.222 e. The normalized spacial score (nSPS) is 30.1. The van der Waals surface area contributed by atoms with Crippen molar-refractivity contribution >= 4 is 5.91 Å². The Morgan fingerprint density at radius 1 is 1.19 bits per heavy atom. The van der Waals surface area contributed by atoms with Crippen molar-refractivity contribution in [1.82, 2.24) is 10.6 Å². The monoisotopic (exact) mass is 378 g/mol. The number of hydrogen-bond acceptors (Lipinski definition) is 6. The van der Waals surface area contributed by atoms with Gasteiger partial charge in [-0.25, -0.2) is 0 Å². The van der Waals surface area contributed by atoms with Crippen LogP contribution in [0, 0.1) is 0 Å². The van der Waals surface area contributed by atoms with Crippen molar-refractivity contribution < 1.29 is 24.1 Å². The molecule has 0 unspecified atom stereocenters. The van der Waals surface area contributed by atoms with Crippen LogP contribution in [0.2, 0.25) is 0 Å². The number of fused-ring (bicyclic) bond motifs is 1. The first kappa shape index (κ1) is 20.2. The predicted molar refractivity (Wildman–Crippen MR) is 99.9 cm³/mol. The minimum Gasteiger partial charge on any atom is -0.392 e. The first-order valence-corrected chi connectivity index (χ1v) is 9.54. The highest BCUT2D eigenvalue weighted by Crippen LogP contribution is 2.39. The smallest absolute Gasteiger partial charge is 0.222 e. The molecule has 1 amide bonds. The molecule has 2 aliphatic heterocycles. The molecule has 0 radical (unpaired) electrons. The molecule has 0 aromatic heterocycles. The van der Waals surface area contributed by atoms with Gasteiger partial charge in [0.2, 0.25) is 5.91 Å². The van der Waals surface area contributed by atoms with Crippen LogP contribution in [0.15, 0.2) is 30.3 Å². The topological polar surface area (TPSA) is 89.1 Å². The van der Waals surface area contributed by atoms with Crippen molar-refractivity contribution in [3.63, 3.8) is 0 Å². The molecule has 1 aromatic rings. The van der Waals surface area contributed by atoms with Crippen molar-refractivity contribution in [2.24, 2.45) is 0 Å². The lowest BCUT2D eigenvalue weighted by atomic mass is 10.1. The molecule has 0 spiro atoms. The second-order valence-electron chi connectivity index (χ2n) is 7.75. The zero-order chi connectivity index (χ0) is 19.4. The second kappa shape index (κ2) is 8.67. The van der Waals surface area contributed by atoms with Gasteiger partial charge in [0, 0.05) is 19.6 Å². The number of hydrogen-bond donors (Lipinski definition) is 3. The van der Waals surface area contributed by atoms with E-state index in [1.54, 1.807) is 6.92 Å². The minimum absolute atomic E-state index is 0.161. The number of ether oxygens (including phenoxy) is 3. The summed E-state index contributed by atoms with van der Waals surface area (Å²) in [6, 6.07) is 10.2. The molecule has 5 atom stereocenters. The summed E-state index contributed by atoms with van der Waals surface area (Å²) < 4.78 is 18.1. The average molecular weight is 378 g/mol. The van der Waals surface area contributed by atoms with E-state index >= 15 is 0 Å². The number of rotatable bonds is 8. The van der Waals surface area contributed by atoms with Crippen LogP contribution in [0.1, 0.15) is 32.8 Å². The Labute approximate surface area is 160 Å². The molecule has 0 bridgehead atoms. The van der Waals surface area contributed by atoms with E-state index in [0.29, 0.717) is 6.54 Å². The van der Waals surface area contributed by atoms with Gasteiger partial charge in [-0.15, -0.1) is 0 Å². The standard InChI is InChI=1S/C20H30N2O5/c1-13(23)10-22-17(24)9-15-18-19(27-20(2,3)26-18)16(25-15)12-21-11-14-7-5-4-6-8-14/h4-8,13,15-16,18-19,21,23H,9-12H2,1-3H3,(H,22,24)/t13-,15-,16+,18+,19-/m1/s1. The highest BCUT2D eigenvalue weighted by molar-refractivity contribution is 5.76. The fourth-order valence-electron chi connectivity index (χ4n) is 3.57. The molecule has 150 valence electrons. The van der Waals surface area contributed by atoms with E-state index in [2.05, 4.69) is 22.8 Å². The number of aliphatic hydroxyl groups excluding tert-OH is 1. The number of aliphatic hydroxyl groups is 1. The van der Waals surface area contributed by atoms with Gasteiger partial charge in [-0.2, -0.15) is 0 Å². The molecular formula is C20H30N2O5. The third-order valence-electron chi connectivity index (χ3n) is 4.74. The van der Waals surface area contributed by atoms with Gasteiger partial charge in [0.05, 0.1) is 24.7 Å². The molecule has 27 heavy (non-hydrogen) atoms. The van der Waals surface area contributed by atoms with Crippen LogP contribution < -0.4 is 10.6 Å². The lowest BCUT2D eigenvalue weighted by Crippen LogP contribution is -2.37. The summed E-state index contributed by atoms with van der Waals surface area (Å²) in [5.41, 5.74) is 1.20. The number of carbonyl (C=O) groups excluding carboxylic acids is 1. The van der Waals surface area contributed by atoms with Gasteiger partial charge in [0.1, 0.15) is 12.2 Å². The van der Waals surface area contributed by atoms with E-state index in [-0.39, 0.29) is 43.3 Å². The third-order valence-corrected chi connectivity index (χ3v) is 4.74. The van der Waals surface area contributed by atoms with Crippen LogP contribution in [0.3, 0.4) is 0 Å². The van der Waals surface area contributed by atoms with Gasteiger partial charge >= 0.3 is 0 Å². The Morgan fingerprint density at radius 3 is 2.52 bits per heavy atom. The lowest BCUT2D eigenvalue weighted by molar-refractivity contribution is -0.187. The highest BCUT2D eigenvalue weighted by Gasteiger charge is 2.55. The van der Waals surface area contributed by atoms with Crippen molar-refractivity contribution in [1.29, 1.82) is 0 Å². The van der Waals surface area contributed by atoms with Crippen LogP contribution in [-0.2, 0) is 25.5 Å². The van der Waals surface area contributed by atoms with Gasteiger partial charge < -0.3 is 30.0 Å². The number of carbonyl (C=O) groups is 1. The van der Waals surface area contributed by atoms with Gasteiger partial charge in [0.15, 0.2) is 5.79 Å². The second-order valence-corrected chi connectivity index (χ2v) is 7.75. The summed E-state index contributed by atoms with van der Waals surface area (Å²) in [4.78, 5) is 12.1. The highest BCUT2D eigenvalue weighted by atomic mass is 16.8. The number of amides is 1. The van der Waals surface area contributed by atoms with E-state index in [1.807, 2.05) is 32.0 Å². The van der Waals surface area contributed by atoms with Crippen LogP contribution >= 0.6 is 0 Å². The van der Waals surface area contributed by atoms with E-state index < -0.39 is 11.9 Å². The van der Waals surface area contributed by atoms with E-state index in [0.717, 1.165) is 6.54 Å². The van der Waals surface area contributed by atoms with E-state index in [4.69, 9.17) is 14.2 Å². The summed E-state index contributed by atoms with van der Waals surface area (Å²) >= 11 is 0. The average Bonchev–Trinajstić information content (AvgIpc) is 3.08. The van der Waals surface area contributed by atoms with Crippen LogP contribution in [0.4, 0.5) is 0 Å². The Bertz CT molecular complexity index is 622. The Hall–Kier alpha value is -1.51. The molecule has 2 aliphatic rings. The molecule has 0 aliphatic carbocycles. The zero-order valence-corrected chi connectivity index (χ0v) is 16.2. The van der Waals surface area contributed by atoms with Gasteiger partial charge in [-0.3, -0.25) is 4.79 Å². The summed E-state index contributed by atoms with van der Waals surface area (Å²) in [5, 5.41) is 15.4. The molecule has 2 heterocycles. The number of benzene rings is 1. The lowest BCUT2D eigenvalue weighted by Gasteiger charge is -2.24. The molecular weight excluding hydrogens is 348 g/mol. The maximum atomic E-state index is 12.1. The Balaban J connectivity index is 1.55. The molecule has 3 rings (SSSR count). The zero-order valence-electron chi connectivity index (χ0n) is 16.2. The third kappa shape index (κ3) is 5.49. The molecule has 2 fully saturated rings. The van der Waals surface area contributed by atoms with Gasteiger partial charge in [0.25, 0.3) is 0 Å². The Morgan fingerprint density at radius 2 is 1.85 bits per heavy atom. The molecule has 1 aromatic carbocycles. The van der Waals surface area contributed by atoms with Gasteiger partial charge in [-0.1, -0.05) is 30.3 Å². The number of nitrogens with one attached hydrogen (secondary N) is 2. The van der Waals surface area contributed by atoms with Crippen molar-refractivity contribution in [2.75, 3.05) is 13.1 Å². The van der Waals surface area contributed by atoms with Crippen molar-refractivity contribution in [2.45, 2.75) is 70.0 Å². The molecule has 7 nitrogen and oxygen atoms in total. The fraction of sp³-hybridized carbons (Fsp3) is 0.650. The largest absolute Gasteiger partial charge is 0.392 e. The minimum atomic E-state index is -0.689. The van der Waals surface area contributed by atoms with Crippen LogP contribution in [0.5, 0.6) is 0 Å². The van der Waals surface area contributed by atoms with Crippen molar-refractivity contribution in [3.05, 3.63) is 35.9 Å². The first-order chi connectivity index (χ1) is 12.8.